The maximum absolute atomic E-state index is 10.3. The average molecular weight is 284 g/mol. The van der Waals surface area contributed by atoms with Gasteiger partial charge in [-0.3, -0.25) is 9.59 Å². The number of nitriles is 1. The molecule has 0 aliphatic carbocycles. The van der Waals surface area contributed by atoms with Gasteiger partial charge in [0.1, 0.15) is 0 Å². The average Bonchev–Trinajstić information content (AvgIpc) is 2.01. The highest BCUT2D eigenvalue weighted by Crippen LogP contribution is 2.15. The third-order valence-electron chi connectivity index (χ3n) is 1.29. The number of carboxylic acid groups (broad SMARTS) is 3. The Morgan fingerprint density at radius 1 is 1.00 bits per heavy atom. The van der Waals surface area contributed by atoms with Gasteiger partial charge in [0.05, 0.1) is 18.9 Å². The van der Waals surface area contributed by atoms with Gasteiger partial charge in [-0.1, -0.05) is 0 Å². The van der Waals surface area contributed by atoms with Gasteiger partial charge in [-0.2, -0.15) is 5.26 Å². The SMILES string of the molecule is CC#N.N.N.N.O=C(O)CC(O)(CC(=O)O)C(=O)O. The van der Waals surface area contributed by atoms with E-state index in [-0.39, 0.29) is 18.5 Å². The lowest BCUT2D eigenvalue weighted by atomic mass is 9.96. The number of hydrogen-bond donors (Lipinski definition) is 7. The number of aliphatic carboxylic acids is 3. The van der Waals surface area contributed by atoms with Crippen LogP contribution in [0.15, 0.2) is 0 Å². The molecule has 0 atom stereocenters. The van der Waals surface area contributed by atoms with Crippen LogP contribution in [0.1, 0.15) is 19.8 Å². The van der Waals surface area contributed by atoms with Crippen molar-refractivity contribution in [2.24, 2.45) is 0 Å². The third-order valence-corrected chi connectivity index (χ3v) is 1.29. The summed E-state index contributed by atoms with van der Waals surface area (Å²) in [7, 11) is 0. The second-order valence-electron chi connectivity index (χ2n) is 2.70. The predicted molar refractivity (Wildman–Crippen MR) is 63.4 cm³/mol. The molecule has 0 saturated carbocycles. The van der Waals surface area contributed by atoms with E-state index in [1.807, 2.05) is 0 Å². The molecule has 0 bridgehead atoms. The van der Waals surface area contributed by atoms with E-state index in [2.05, 4.69) is 0 Å². The normalized spacial score (nSPS) is 7.84. The second kappa shape index (κ2) is 13.8. The Morgan fingerprint density at radius 2 is 1.21 bits per heavy atom. The number of hydrogen-bond acceptors (Lipinski definition) is 8. The van der Waals surface area contributed by atoms with Crippen molar-refractivity contribution >= 4 is 17.9 Å². The third kappa shape index (κ3) is 15.7. The first-order valence-electron chi connectivity index (χ1n) is 3.89. The fourth-order valence-corrected chi connectivity index (χ4v) is 0.714. The van der Waals surface area contributed by atoms with Crippen molar-refractivity contribution in [2.45, 2.75) is 25.4 Å². The fourth-order valence-electron chi connectivity index (χ4n) is 0.714. The second-order valence-corrected chi connectivity index (χ2v) is 2.70. The number of nitrogens with zero attached hydrogens (tertiary/aromatic N) is 1. The van der Waals surface area contributed by atoms with E-state index in [4.69, 9.17) is 25.7 Å². The van der Waals surface area contributed by atoms with E-state index in [0.717, 1.165) is 0 Å². The first-order chi connectivity index (χ1) is 7.19. The van der Waals surface area contributed by atoms with Crippen molar-refractivity contribution in [1.82, 2.24) is 18.5 Å². The molecule has 0 radical (unpaired) electrons. The Hall–Kier alpha value is -2.26. The molecular formula is C8H20N4O7. The minimum atomic E-state index is -2.74. The predicted octanol–water partition coefficient (Wildman–Crippen LogP) is -0.233. The molecule has 0 aromatic rings. The van der Waals surface area contributed by atoms with Crippen LogP contribution in [0, 0.1) is 11.3 Å². The first kappa shape index (κ1) is 30.1. The molecule has 0 aromatic carbocycles. The van der Waals surface area contributed by atoms with Crippen molar-refractivity contribution in [3.05, 3.63) is 0 Å². The van der Waals surface area contributed by atoms with Crippen LogP contribution >= 0.6 is 0 Å². The Labute approximate surface area is 109 Å². The Bertz CT molecular complexity index is 310. The topological polar surface area (TPSA) is 261 Å². The maximum atomic E-state index is 10.3. The van der Waals surface area contributed by atoms with Gasteiger partial charge in [-0.05, 0) is 0 Å². The molecule has 11 nitrogen and oxygen atoms in total. The summed E-state index contributed by atoms with van der Waals surface area (Å²) in [5, 5.41) is 41.1. The van der Waals surface area contributed by atoms with E-state index < -0.39 is 36.4 Å². The molecule has 0 aromatic heterocycles. The molecule has 0 amide bonds. The van der Waals surface area contributed by atoms with Gasteiger partial charge in [-0.15, -0.1) is 0 Å². The molecule has 13 N–H and O–H groups in total. The van der Waals surface area contributed by atoms with Gasteiger partial charge >= 0.3 is 17.9 Å². The van der Waals surface area contributed by atoms with Crippen LogP contribution in [0.5, 0.6) is 0 Å². The van der Waals surface area contributed by atoms with Gasteiger partial charge in [0.15, 0.2) is 5.60 Å². The number of carbonyl (C=O) groups is 3. The van der Waals surface area contributed by atoms with Crippen LogP contribution in [-0.4, -0.2) is 43.9 Å². The Morgan fingerprint density at radius 3 is 1.32 bits per heavy atom. The summed E-state index contributed by atoms with van der Waals surface area (Å²) in [5.41, 5.74) is -2.74. The van der Waals surface area contributed by atoms with Crippen LogP contribution in [0.2, 0.25) is 0 Å². The summed E-state index contributed by atoms with van der Waals surface area (Å²) >= 11 is 0. The number of carboxylic acids is 3. The van der Waals surface area contributed by atoms with E-state index in [1.54, 1.807) is 6.07 Å². The standard InChI is InChI=1S/C6H8O7.C2H3N.3H3N/c7-3(8)1-6(13,5(11)12)2-4(9)10;1-2-3;;;/h13H,1-2H2,(H,7,8)(H,9,10)(H,11,12);1H3;3*1H3. The van der Waals surface area contributed by atoms with Crippen LogP contribution in [-0.2, 0) is 14.4 Å². The van der Waals surface area contributed by atoms with Crippen LogP contribution < -0.4 is 18.5 Å². The molecule has 0 heterocycles. The zero-order chi connectivity index (χ0) is 13.4. The minimum Gasteiger partial charge on any atom is -0.481 e. The molecule has 11 heteroatoms. The summed E-state index contributed by atoms with van der Waals surface area (Å²) in [5.74, 6) is -5.02. The zero-order valence-corrected chi connectivity index (χ0v) is 10.5. The monoisotopic (exact) mass is 284 g/mol. The molecule has 114 valence electrons. The van der Waals surface area contributed by atoms with Crippen molar-refractivity contribution in [3.8, 4) is 6.07 Å². The Balaban J connectivity index is -0.0000000992. The number of aliphatic hydroxyl groups is 1. The van der Waals surface area contributed by atoms with Crippen LogP contribution in [0.25, 0.3) is 0 Å². The fraction of sp³-hybridized carbons (Fsp3) is 0.500. The lowest BCUT2D eigenvalue weighted by Gasteiger charge is -2.18. The van der Waals surface area contributed by atoms with Gasteiger partial charge < -0.3 is 38.9 Å². The highest BCUT2D eigenvalue weighted by atomic mass is 16.4. The van der Waals surface area contributed by atoms with Crippen molar-refractivity contribution in [2.75, 3.05) is 0 Å². The van der Waals surface area contributed by atoms with Gasteiger partial charge in [0.25, 0.3) is 0 Å². The van der Waals surface area contributed by atoms with Crippen molar-refractivity contribution in [3.63, 3.8) is 0 Å². The minimum absolute atomic E-state index is 0. The molecular weight excluding hydrogens is 264 g/mol. The quantitative estimate of drug-likeness (QED) is 0.346. The summed E-state index contributed by atoms with van der Waals surface area (Å²) in [6, 6.07) is 1.75. The highest BCUT2D eigenvalue weighted by Gasteiger charge is 2.40. The largest absolute Gasteiger partial charge is 0.481 e. The first-order valence-corrected chi connectivity index (χ1v) is 3.89. The van der Waals surface area contributed by atoms with Crippen LogP contribution in [0.4, 0.5) is 0 Å². The molecule has 0 aliphatic heterocycles. The maximum Gasteiger partial charge on any atom is 0.336 e. The zero-order valence-electron chi connectivity index (χ0n) is 10.5. The van der Waals surface area contributed by atoms with E-state index >= 15 is 0 Å². The van der Waals surface area contributed by atoms with E-state index in [9.17, 15) is 14.4 Å². The van der Waals surface area contributed by atoms with Crippen molar-refractivity contribution < 1.29 is 34.8 Å². The molecule has 0 unspecified atom stereocenters. The summed E-state index contributed by atoms with van der Waals surface area (Å²) in [6.45, 7) is 1.43. The van der Waals surface area contributed by atoms with Gasteiger partial charge in [0, 0.05) is 6.92 Å². The lowest BCUT2D eigenvalue weighted by Crippen LogP contribution is -2.42. The summed E-state index contributed by atoms with van der Waals surface area (Å²) in [6.07, 6.45) is -2.29. The molecule has 0 spiro atoms. The number of rotatable bonds is 5. The Kier molecular flexibility index (Phi) is 21.9. The van der Waals surface area contributed by atoms with E-state index in [0.29, 0.717) is 0 Å². The van der Waals surface area contributed by atoms with E-state index in [1.165, 1.54) is 6.92 Å². The summed E-state index contributed by atoms with van der Waals surface area (Å²) < 4.78 is 0. The van der Waals surface area contributed by atoms with Gasteiger partial charge in [0.2, 0.25) is 0 Å². The molecule has 0 rings (SSSR count). The molecule has 0 fully saturated rings. The molecule has 19 heavy (non-hydrogen) atoms. The molecule has 0 aliphatic rings. The van der Waals surface area contributed by atoms with Gasteiger partial charge in [-0.25, -0.2) is 4.79 Å². The summed E-state index contributed by atoms with van der Waals surface area (Å²) in [4.78, 5) is 30.5. The highest BCUT2D eigenvalue weighted by molar-refractivity contribution is 5.88. The van der Waals surface area contributed by atoms with Crippen LogP contribution in [0.3, 0.4) is 0 Å². The smallest absolute Gasteiger partial charge is 0.336 e. The van der Waals surface area contributed by atoms with Crippen molar-refractivity contribution in [1.29, 1.82) is 5.26 Å². The molecule has 0 saturated heterocycles. The lowest BCUT2D eigenvalue weighted by molar-refractivity contribution is -0.170.